The van der Waals surface area contributed by atoms with E-state index in [1.54, 1.807) is 19.1 Å². The maximum absolute atomic E-state index is 12.9. The Balaban J connectivity index is 2.34. The Morgan fingerprint density at radius 3 is 2.36 bits per heavy atom. The third-order valence-corrected chi connectivity index (χ3v) is 3.42. The Hall–Kier alpha value is -2.57. The molecule has 3 aromatic rings. The number of pyridine rings is 1. The summed E-state index contributed by atoms with van der Waals surface area (Å²) >= 11 is 0. The number of aromatic amines is 1. The van der Waals surface area contributed by atoms with E-state index in [4.69, 9.17) is 0 Å². The summed E-state index contributed by atoms with van der Waals surface area (Å²) in [6.07, 6.45) is -4.62. The summed E-state index contributed by atoms with van der Waals surface area (Å²) in [4.78, 5) is 14.3. The van der Waals surface area contributed by atoms with Crippen LogP contribution in [0.5, 0.6) is 0 Å². The zero-order valence-electron chi connectivity index (χ0n) is 11.8. The topological polar surface area (TPSA) is 50.7 Å². The largest absolute Gasteiger partial charge is 0.431 e. The van der Waals surface area contributed by atoms with Gasteiger partial charge in [0.1, 0.15) is 11.3 Å². The second kappa shape index (κ2) is 4.72. The molecule has 114 valence electrons. The molecule has 0 saturated carbocycles. The van der Waals surface area contributed by atoms with Crippen LogP contribution < -0.4 is 5.43 Å². The number of hydrogen-bond donors (Lipinski definition) is 1. The second-order valence-electron chi connectivity index (χ2n) is 5.10. The SMILES string of the molecule is Cc1ccc(-n2nc(C)c3c(=O)cc(C(F)(F)F)[nH]c32)cc1. The maximum atomic E-state index is 12.9. The van der Waals surface area contributed by atoms with Crippen LogP contribution in [0.25, 0.3) is 16.7 Å². The molecule has 0 unspecified atom stereocenters. The Kier molecular flexibility index (Phi) is 3.09. The number of hydrogen-bond acceptors (Lipinski definition) is 2. The highest BCUT2D eigenvalue weighted by atomic mass is 19.4. The van der Waals surface area contributed by atoms with E-state index < -0.39 is 17.3 Å². The van der Waals surface area contributed by atoms with Gasteiger partial charge < -0.3 is 4.98 Å². The van der Waals surface area contributed by atoms with Crippen LogP contribution in [0.2, 0.25) is 0 Å². The van der Waals surface area contributed by atoms with Crippen molar-refractivity contribution in [2.75, 3.05) is 0 Å². The second-order valence-corrected chi connectivity index (χ2v) is 5.10. The Bertz CT molecular complexity index is 905. The molecule has 1 aromatic carbocycles. The summed E-state index contributed by atoms with van der Waals surface area (Å²) < 4.78 is 40.0. The van der Waals surface area contributed by atoms with Crippen molar-refractivity contribution in [1.82, 2.24) is 14.8 Å². The number of aromatic nitrogens is 3. The van der Waals surface area contributed by atoms with E-state index >= 15 is 0 Å². The third kappa shape index (κ3) is 2.28. The number of alkyl halides is 3. The van der Waals surface area contributed by atoms with Crippen LogP contribution in [0.1, 0.15) is 17.0 Å². The molecule has 0 spiro atoms. The summed E-state index contributed by atoms with van der Waals surface area (Å²) in [5.74, 6) is 0. The highest BCUT2D eigenvalue weighted by Gasteiger charge is 2.33. The lowest BCUT2D eigenvalue weighted by atomic mass is 10.2. The van der Waals surface area contributed by atoms with Gasteiger partial charge in [0, 0.05) is 6.07 Å². The number of benzene rings is 1. The van der Waals surface area contributed by atoms with Gasteiger partial charge >= 0.3 is 6.18 Å². The molecule has 0 bridgehead atoms. The fourth-order valence-electron chi connectivity index (χ4n) is 2.33. The molecule has 0 saturated heterocycles. The fraction of sp³-hybridized carbons (Fsp3) is 0.200. The summed E-state index contributed by atoms with van der Waals surface area (Å²) in [5.41, 5.74) is 0.238. The first kappa shape index (κ1) is 14.4. The van der Waals surface area contributed by atoms with Gasteiger partial charge in [0.05, 0.1) is 16.8 Å². The van der Waals surface area contributed by atoms with Crippen LogP contribution in [0, 0.1) is 13.8 Å². The average molecular weight is 307 g/mol. The van der Waals surface area contributed by atoms with Gasteiger partial charge in [-0.1, -0.05) is 17.7 Å². The predicted molar refractivity (Wildman–Crippen MR) is 76.2 cm³/mol. The first-order valence-corrected chi connectivity index (χ1v) is 6.54. The van der Waals surface area contributed by atoms with E-state index in [-0.39, 0.29) is 11.0 Å². The van der Waals surface area contributed by atoms with Gasteiger partial charge in [0.25, 0.3) is 0 Å². The highest BCUT2D eigenvalue weighted by Crippen LogP contribution is 2.28. The van der Waals surface area contributed by atoms with Crippen molar-refractivity contribution >= 4 is 11.0 Å². The molecule has 0 aliphatic heterocycles. The zero-order valence-corrected chi connectivity index (χ0v) is 11.8. The molecule has 4 nitrogen and oxygen atoms in total. The Morgan fingerprint density at radius 2 is 1.77 bits per heavy atom. The van der Waals surface area contributed by atoms with Gasteiger partial charge in [-0.05, 0) is 26.0 Å². The van der Waals surface area contributed by atoms with Gasteiger partial charge in [0.2, 0.25) is 0 Å². The number of fused-ring (bicyclic) bond motifs is 1. The summed E-state index contributed by atoms with van der Waals surface area (Å²) in [5, 5.41) is 4.35. The molecule has 3 rings (SSSR count). The number of H-pyrrole nitrogens is 1. The van der Waals surface area contributed by atoms with E-state index in [0.717, 1.165) is 5.56 Å². The standard InChI is InChI=1S/C15H12F3N3O/c1-8-3-5-10(6-4-8)21-14-13(9(2)20-21)11(22)7-12(19-14)15(16,17)18/h3-7H,1-2H3,(H,19,22). The molecular weight excluding hydrogens is 295 g/mol. The molecule has 1 N–H and O–H groups in total. The smallest absolute Gasteiger partial charge is 0.335 e. The minimum atomic E-state index is -4.62. The molecule has 0 aliphatic rings. The molecule has 0 fully saturated rings. The van der Waals surface area contributed by atoms with E-state index in [1.165, 1.54) is 4.68 Å². The molecule has 0 atom stereocenters. The van der Waals surface area contributed by atoms with Crippen molar-refractivity contribution in [2.45, 2.75) is 20.0 Å². The van der Waals surface area contributed by atoms with Crippen LogP contribution >= 0.6 is 0 Å². The van der Waals surface area contributed by atoms with E-state index in [9.17, 15) is 18.0 Å². The maximum Gasteiger partial charge on any atom is 0.431 e. The predicted octanol–water partition coefficient (Wildman–Crippen LogP) is 3.35. The summed E-state index contributed by atoms with van der Waals surface area (Å²) in [6.45, 7) is 3.50. The van der Waals surface area contributed by atoms with Gasteiger partial charge in [-0.15, -0.1) is 0 Å². The van der Waals surface area contributed by atoms with Crippen molar-refractivity contribution in [2.24, 2.45) is 0 Å². The van der Waals surface area contributed by atoms with Gasteiger partial charge in [-0.3, -0.25) is 4.79 Å². The zero-order chi connectivity index (χ0) is 16.1. The fourth-order valence-corrected chi connectivity index (χ4v) is 2.33. The monoisotopic (exact) mass is 307 g/mol. The van der Waals surface area contributed by atoms with Crippen LogP contribution in [-0.2, 0) is 6.18 Å². The van der Waals surface area contributed by atoms with E-state index in [0.29, 0.717) is 17.4 Å². The van der Waals surface area contributed by atoms with Crippen LogP contribution in [0.15, 0.2) is 35.1 Å². The van der Waals surface area contributed by atoms with Crippen molar-refractivity contribution in [3.8, 4) is 5.69 Å². The summed E-state index contributed by atoms with van der Waals surface area (Å²) in [6, 6.07) is 7.68. The minimum Gasteiger partial charge on any atom is -0.335 e. The molecule has 2 aromatic heterocycles. The van der Waals surface area contributed by atoms with Crippen molar-refractivity contribution in [3.63, 3.8) is 0 Å². The molecule has 0 aliphatic carbocycles. The lowest BCUT2D eigenvalue weighted by Gasteiger charge is -2.08. The molecular formula is C15H12F3N3O. The number of aryl methyl sites for hydroxylation is 2. The molecule has 2 heterocycles. The molecule has 0 amide bonds. The van der Waals surface area contributed by atoms with E-state index in [2.05, 4.69) is 10.1 Å². The number of nitrogens with zero attached hydrogens (tertiary/aromatic N) is 2. The van der Waals surface area contributed by atoms with Crippen molar-refractivity contribution in [1.29, 1.82) is 0 Å². The lowest BCUT2D eigenvalue weighted by Crippen LogP contribution is -2.14. The van der Waals surface area contributed by atoms with Crippen LogP contribution in [-0.4, -0.2) is 14.8 Å². The Morgan fingerprint density at radius 1 is 1.14 bits per heavy atom. The van der Waals surface area contributed by atoms with Crippen molar-refractivity contribution < 1.29 is 13.2 Å². The normalized spacial score (nSPS) is 12.0. The van der Waals surface area contributed by atoms with Gasteiger partial charge in [-0.2, -0.15) is 18.3 Å². The number of halogens is 3. The van der Waals surface area contributed by atoms with E-state index in [1.807, 2.05) is 19.1 Å². The third-order valence-electron chi connectivity index (χ3n) is 3.42. The van der Waals surface area contributed by atoms with Crippen LogP contribution in [0.4, 0.5) is 13.2 Å². The first-order chi connectivity index (χ1) is 10.3. The van der Waals surface area contributed by atoms with Gasteiger partial charge in [0.15, 0.2) is 5.43 Å². The Labute approximate surface area is 123 Å². The molecule has 0 radical (unpaired) electrons. The molecule has 22 heavy (non-hydrogen) atoms. The first-order valence-electron chi connectivity index (χ1n) is 6.54. The highest BCUT2D eigenvalue weighted by molar-refractivity contribution is 5.79. The number of nitrogens with one attached hydrogen (secondary N) is 1. The summed E-state index contributed by atoms with van der Waals surface area (Å²) in [7, 11) is 0. The molecule has 7 heteroatoms. The lowest BCUT2D eigenvalue weighted by molar-refractivity contribution is -0.141. The average Bonchev–Trinajstić information content (AvgIpc) is 2.76. The van der Waals surface area contributed by atoms with Crippen LogP contribution in [0.3, 0.4) is 0 Å². The van der Waals surface area contributed by atoms with Crippen molar-refractivity contribution in [3.05, 3.63) is 57.5 Å². The van der Waals surface area contributed by atoms with Gasteiger partial charge in [-0.25, -0.2) is 4.68 Å². The minimum absolute atomic E-state index is 0.0428. The number of rotatable bonds is 1. The quantitative estimate of drug-likeness (QED) is 0.749.